The molecule has 3 aromatic carbocycles. The van der Waals surface area contributed by atoms with Crippen LogP contribution >= 0.6 is 27.5 Å². The molecular weight excluding hydrogens is 476 g/mol. The number of hydrogen-bond donors (Lipinski definition) is 1. The zero-order chi connectivity index (χ0) is 22.2. The van der Waals surface area contributed by atoms with E-state index in [1.54, 1.807) is 24.1 Å². The van der Waals surface area contributed by atoms with Crippen molar-refractivity contribution in [1.29, 1.82) is 0 Å². The van der Waals surface area contributed by atoms with E-state index < -0.39 is 6.04 Å². The van der Waals surface area contributed by atoms with Gasteiger partial charge in [0, 0.05) is 29.5 Å². The number of likely N-dealkylation sites (N-methyl/N-ethyl adjacent to an activating group) is 1. The Hall–Kier alpha value is -2.63. The van der Waals surface area contributed by atoms with E-state index in [-0.39, 0.29) is 18.2 Å². The molecule has 0 heterocycles. The van der Waals surface area contributed by atoms with Gasteiger partial charge in [0.25, 0.3) is 0 Å². The SMILES string of the molecule is CNC(=O)[C@H](Cc1ccccc1)N(Cc1cccc(Br)c1)C(=O)Cc1ccc(Cl)cc1. The normalized spacial score (nSPS) is 11.6. The number of hydrogen-bond acceptors (Lipinski definition) is 2. The number of halogens is 2. The maximum absolute atomic E-state index is 13.4. The molecule has 3 aromatic rings. The summed E-state index contributed by atoms with van der Waals surface area (Å²) in [7, 11) is 1.60. The van der Waals surface area contributed by atoms with E-state index in [0.29, 0.717) is 18.0 Å². The van der Waals surface area contributed by atoms with Crippen molar-refractivity contribution in [3.63, 3.8) is 0 Å². The zero-order valence-electron chi connectivity index (χ0n) is 17.2. The highest BCUT2D eigenvalue weighted by Gasteiger charge is 2.29. The van der Waals surface area contributed by atoms with Crippen LogP contribution < -0.4 is 5.32 Å². The molecule has 0 bridgehead atoms. The van der Waals surface area contributed by atoms with E-state index in [4.69, 9.17) is 11.6 Å². The lowest BCUT2D eigenvalue weighted by Gasteiger charge is -2.31. The van der Waals surface area contributed by atoms with Crippen LogP contribution in [0.3, 0.4) is 0 Å². The fourth-order valence-electron chi connectivity index (χ4n) is 3.43. The van der Waals surface area contributed by atoms with Gasteiger partial charge in [-0.15, -0.1) is 0 Å². The lowest BCUT2D eigenvalue weighted by molar-refractivity contribution is -0.140. The molecule has 160 valence electrons. The maximum Gasteiger partial charge on any atom is 0.242 e. The zero-order valence-corrected chi connectivity index (χ0v) is 19.6. The maximum atomic E-state index is 13.4. The fraction of sp³-hybridized carbons (Fsp3) is 0.200. The average molecular weight is 500 g/mol. The van der Waals surface area contributed by atoms with Gasteiger partial charge in [-0.1, -0.05) is 82.1 Å². The minimum absolute atomic E-state index is 0.119. The lowest BCUT2D eigenvalue weighted by atomic mass is 10.0. The van der Waals surface area contributed by atoms with Crippen LogP contribution in [0.25, 0.3) is 0 Å². The Balaban J connectivity index is 1.93. The van der Waals surface area contributed by atoms with Gasteiger partial charge in [0.2, 0.25) is 11.8 Å². The Kier molecular flexibility index (Phi) is 8.27. The molecule has 1 atom stereocenters. The first kappa shape index (κ1) is 23.0. The molecule has 0 fully saturated rings. The van der Waals surface area contributed by atoms with Crippen molar-refractivity contribution >= 4 is 39.3 Å². The van der Waals surface area contributed by atoms with Gasteiger partial charge in [-0.2, -0.15) is 0 Å². The van der Waals surface area contributed by atoms with E-state index in [9.17, 15) is 9.59 Å². The topological polar surface area (TPSA) is 49.4 Å². The number of rotatable bonds is 8. The van der Waals surface area contributed by atoms with Crippen molar-refractivity contribution in [3.8, 4) is 0 Å². The van der Waals surface area contributed by atoms with Crippen LogP contribution in [0.5, 0.6) is 0 Å². The summed E-state index contributed by atoms with van der Waals surface area (Å²) in [6.45, 7) is 0.330. The van der Waals surface area contributed by atoms with Crippen LogP contribution in [0.1, 0.15) is 16.7 Å². The van der Waals surface area contributed by atoms with Gasteiger partial charge in [0.15, 0.2) is 0 Å². The molecule has 0 saturated carbocycles. The number of nitrogens with one attached hydrogen (secondary N) is 1. The quantitative estimate of drug-likeness (QED) is 0.472. The van der Waals surface area contributed by atoms with Gasteiger partial charge in [0.05, 0.1) is 6.42 Å². The van der Waals surface area contributed by atoms with Gasteiger partial charge in [0.1, 0.15) is 6.04 Å². The average Bonchev–Trinajstić information content (AvgIpc) is 2.78. The molecule has 1 N–H and O–H groups in total. The molecule has 3 rings (SSSR count). The summed E-state index contributed by atoms with van der Waals surface area (Å²) in [6, 6.07) is 24.1. The third-order valence-electron chi connectivity index (χ3n) is 5.03. The number of nitrogens with zero attached hydrogens (tertiary/aromatic N) is 1. The summed E-state index contributed by atoms with van der Waals surface area (Å²) >= 11 is 9.47. The molecule has 31 heavy (non-hydrogen) atoms. The summed E-state index contributed by atoms with van der Waals surface area (Å²) < 4.78 is 0.926. The number of benzene rings is 3. The molecule has 0 aliphatic heterocycles. The first-order chi connectivity index (χ1) is 15.0. The second kappa shape index (κ2) is 11.1. The fourth-order valence-corrected chi connectivity index (χ4v) is 4.00. The van der Waals surface area contributed by atoms with Crippen molar-refractivity contribution in [2.45, 2.75) is 25.4 Å². The van der Waals surface area contributed by atoms with Crippen LogP contribution in [0.15, 0.2) is 83.3 Å². The van der Waals surface area contributed by atoms with E-state index in [2.05, 4.69) is 21.2 Å². The van der Waals surface area contributed by atoms with Gasteiger partial charge in [-0.25, -0.2) is 0 Å². The van der Waals surface area contributed by atoms with Crippen LogP contribution in [-0.4, -0.2) is 29.8 Å². The van der Waals surface area contributed by atoms with E-state index >= 15 is 0 Å². The second-order valence-corrected chi connectivity index (χ2v) is 8.63. The van der Waals surface area contributed by atoms with Crippen molar-refractivity contribution in [3.05, 3.63) is 105 Å². The highest BCUT2D eigenvalue weighted by atomic mass is 79.9. The van der Waals surface area contributed by atoms with Crippen LogP contribution in [0, 0.1) is 0 Å². The van der Waals surface area contributed by atoms with Gasteiger partial charge >= 0.3 is 0 Å². The molecular formula is C25H24BrClN2O2. The minimum atomic E-state index is -0.633. The standard InChI is InChI=1S/C25H24BrClN2O2/c1-28-25(31)23(15-18-6-3-2-4-7-18)29(17-20-8-5-9-21(26)14-20)24(30)16-19-10-12-22(27)13-11-19/h2-14,23H,15-17H2,1H3,(H,28,31)/t23-/m0/s1. The monoisotopic (exact) mass is 498 g/mol. The van der Waals surface area contributed by atoms with E-state index in [1.165, 1.54) is 0 Å². The van der Waals surface area contributed by atoms with Crippen molar-refractivity contribution in [1.82, 2.24) is 10.2 Å². The Bertz CT molecular complexity index is 1030. The molecule has 6 heteroatoms. The highest BCUT2D eigenvalue weighted by molar-refractivity contribution is 9.10. The second-order valence-electron chi connectivity index (χ2n) is 7.27. The summed E-state index contributed by atoms with van der Waals surface area (Å²) in [5.41, 5.74) is 2.79. The van der Waals surface area contributed by atoms with E-state index in [1.807, 2.05) is 66.7 Å². The van der Waals surface area contributed by atoms with Crippen molar-refractivity contribution in [2.75, 3.05) is 7.05 Å². The highest BCUT2D eigenvalue weighted by Crippen LogP contribution is 2.19. The molecule has 0 aliphatic rings. The summed E-state index contributed by atoms with van der Waals surface area (Å²) in [4.78, 5) is 28.0. The van der Waals surface area contributed by atoms with Crippen molar-refractivity contribution < 1.29 is 9.59 Å². The van der Waals surface area contributed by atoms with Crippen molar-refractivity contribution in [2.24, 2.45) is 0 Å². The number of amides is 2. The Morgan fingerprint density at radius 2 is 1.61 bits per heavy atom. The third-order valence-corrected chi connectivity index (χ3v) is 5.77. The first-order valence-electron chi connectivity index (χ1n) is 10.00. The summed E-state index contributed by atoms with van der Waals surface area (Å²) in [5, 5.41) is 3.35. The molecule has 0 saturated heterocycles. The first-order valence-corrected chi connectivity index (χ1v) is 11.2. The molecule has 0 radical (unpaired) electrons. The van der Waals surface area contributed by atoms with Gasteiger partial charge in [-0.05, 0) is 41.0 Å². The predicted molar refractivity (Wildman–Crippen MR) is 128 cm³/mol. The molecule has 2 amide bonds. The molecule has 0 spiro atoms. The Morgan fingerprint density at radius 1 is 0.935 bits per heavy atom. The summed E-state index contributed by atoms with van der Waals surface area (Å²) in [6.07, 6.45) is 0.619. The third kappa shape index (κ3) is 6.68. The number of carbonyl (C=O) groups is 2. The summed E-state index contributed by atoms with van der Waals surface area (Å²) in [5.74, 6) is -0.310. The smallest absolute Gasteiger partial charge is 0.242 e. The van der Waals surface area contributed by atoms with Gasteiger partial charge < -0.3 is 10.2 Å². The van der Waals surface area contributed by atoms with Crippen LogP contribution in [0.4, 0.5) is 0 Å². The number of carbonyl (C=O) groups excluding carboxylic acids is 2. The lowest BCUT2D eigenvalue weighted by Crippen LogP contribution is -2.50. The van der Waals surface area contributed by atoms with Gasteiger partial charge in [-0.3, -0.25) is 9.59 Å². The van der Waals surface area contributed by atoms with Crippen LogP contribution in [0.2, 0.25) is 5.02 Å². The Morgan fingerprint density at radius 3 is 2.26 bits per heavy atom. The molecule has 0 aromatic heterocycles. The van der Waals surface area contributed by atoms with Crippen LogP contribution in [-0.2, 0) is 29.0 Å². The molecule has 0 unspecified atom stereocenters. The molecule has 4 nitrogen and oxygen atoms in total. The predicted octanol–water partition coefficient (Wildman–Crippen LogP) is 5.03. The largest absolute Gasteiger partial charge is 0.357 e. The molecule has 0 aliphatic carbocycles. The van der Waals surface area contributed by atoms with E-state index in [0.717, 1.165) is 21.2 Å². The minimum Gasteiger partial charge on any atom is -0.357 e. The Labute approximate surface area is 196 Å².